The van der Waals surface area contributed by atoms with E-state index in [1.165, 1.54) is 23.9 Å². The first-order valence-corrected chi connectivity index (χ1v) is 11.8. The van der Waals surface area contributed by atoms with Crippen LogP contribution in [0.15, 0.2) is 53.0 Å². The molecule has 0 spiro atoms. The maximum absolute atomic E-state index is 13.2. The molecule has 0 heterocycles. The highest BCUT2D eigenvalue weighted by molar-refractivity contribution is 9.10. The Kier molecular flexibility index (Phi) is 9.85. The van der Waals surface area contributed by atoms with E-state index in [1.807, 2.05) is 38.1 Å². The lowest BCUT2D eigenvalue weighted by molar-refractivity contribution is -0.138. The fourth-order valence-corrected chi connectivity index (χ4v) is 3.88. The molecule has 30 heavy (non-hydrogen) atoms. The molecule has 1 N–H and O–H groups in total. The van der Waals surface area contributed by atoms with Gasteiger partial charge >= 0.3 is 0 Å². The fraction of sp³-hybridized carbons (Fsp3) is 0.391. The third-order valence-corrected chi connectivity index (χ3v) is 6.04. The van der Waals surface area contributed by atoms with Crippen molar-refractivity contribution in [1.82, 2.24) is 10.2 Å². The molecule has 0 aliphatic rings. The summed E-state index contributed by atoms with van der Waals surface area (Å²) in [4.78, 5) is 27.1. The molecule has 0 bridgehead atoms. The van der Waals surface area contributed by atoms with Gasteiger partial charge in [0.1, 0.15) is 11.9 Å². The zero-order chi connectivity index (χ0) is 22.1. The van der Waals surface area contributed by atoms with E-state index in [0.29, 0.717) is 18.2 Å². The van der Waals surface area contributed by atoms with Gasteiger partial charge in [0.25, 0.3) is 0 Å². The van der Waals surface area contributed by atoms with Gasteiger partial charge in [-0.15, -0.1) is 11.8 Å². The minimum atomic E-state index is -0.616. The van der Waals surface area contributed by atoms with Crippen molar-refractivity contribution in [3.8, 4) is 0 Å². The lowest BCUT2D eigenvalue weighted by atomic mass is 10.1. The van der Waals surface area contributed by atoms with E-state index in [-0.39, 0.29) is 29.9 Å². The van der Waals surface area contributed by atoms with Crippen LogP contribution in [0.3, 0.4) is 0 Å². The molecule has 2 aromatic carbocycles. The summed E-state index contributed by atoms with van der Waals surface area (Å²) in [5.41, 5.74) is 1.91. The van der Waals surface area contributed by atoms with E-state index in [1.54, 1.807) is 24.0 Å². The second-order valence-corrected chi connectivity index (χ2v) is 9.48. The van der Waals surface area contributed by atoms with Crippen LogP contribution in [0.25, 0.3) is 0 Å². The molecule has 0 saturated carbocycles. The number of benzene rings is 2. The van der Waals surface area contributed by atoms with Gasteiger partial charge in [-0.25, -0.2) is 4.39 Å². The first-order valence-electron chi connectivity index (χ1n) is 9.90. The average molecular weight is 495 g/mol. The van der Waals surface area contributed by atoms with Gasteiger partial charge in [0.15, 0.2) is 0 Å². The van der Waals surface area contributed by atoms with Crippen LogP contribution in [-0.2, 0) is 21.9 Å². The summed E-state index contributed by atoms with van der Waals surface area (Å²) >= 11 is 4.92. The Bertz CT molecular complexity index is 828. The number of nitrogens with one attached hydrogen (secondary N) is 1. The normalized spacial score (nSPS) is 11.9. The van der Waals surface area contributed by atoms with Crippen LogP contribution in [0.1, 0.15) is 31.9 Å². The summed E-state index contributed by atoms with van der Waals surface area (Å²) in [7, 11) is 0. The molecule has 0 radical (unpaired) electrons. The molecular formula is C23H28BrFN2O2S. The summed E-state index contributed by atoms with van der Waals surface area (Å²) in [6, 6.07) is 13.4. The number of hydrogen-bond donors (Lipinski definition) is 1. The maximum atomic E-state index is 13.2. The highest BCUT2D eigenvalue weighted by Gasteiger charge is 2.26. The van der Waals surface area contributed by atoms with Crippen LogP contribution >= 0.6 is 27.7 Å². The SMILES string of the molecule is CC(C)CNC(=O)[C@H](C)N(Cc1ccc(F)cc1)C(=O)CSCc1ccc(Br)cc1. The molecule has 0 aliphatic carbocycles. The van der Waals surface area contributed by atoms with E-state index in [2.05, 4.69) is 21.2 Å². The smallest absolute Gasteiger partial charge is 0.242 e. The van der Waals surface area contributed by atoms with Crippen LogP contribution in [0.4, 0.5) is 4.39 Å². The Morgan fingerprint density at radius 3 is 2.23 bits per heavy atom. The summed E-state index contributed by atoms with van der Waals surface area (Å²) in [6.45, 7) is 6.58. The topological polar surface area (TPSA) is 49.4 Å². The first-order chi connectivity index (χ1) is 14.3. The average Bonchev–Trinajstić information content (AvgIpc) is 2.72. The zero-order valence-corrected chi connectivity index (χ0v) is 19.9. The van der Waals surface area contributed by atoms with Crippen molar-refractivity contribution in [2.75, 3.05) is 12.3 Å². The van der Waals surface area contributed by atoms with Crippen LogP contribution < -0.4 is 5.32 Å². The number of carbonyl (C=O) groups is 2. The molecule has 0 aromatic heterocycles. The Labute approximate surface area is 190 Å². The first kappa shape index (κ1) is 24.4. The van der Waals surface area contributed by atoms with Gasteiger partial charge in [0, 0.05) is 23.3 Å². The van der Waals surface area contributed by atoms with E-state index in [0.717, 1.165) is 15.6 Å². The predicted octanol–water partition coefficient (Wildman–Crippen LogP) is 5.01. The highest BCUT2D eigenvalue weighted by atomic mass is 79.9. The number of halogens is 2. The number of rotatable bonds is 10. The van der Waals surface area contributed by atoms with E-state index in [9.17, 15) is 14.0 Å². The Hall–Kier alpha value is -1.86. The predicted molar refractivity (Wildman–Crippen MR) is 125 cm³/mol. The summed E-state index contributed by atoms with van der Waals surface area (Å²) in [5.74, 6) is 0.662. The molecular weight excluding hydrogens is 467 g/mol. The molecule has 0 fully saturated rings. The summed E-state index contributed by atoms with van der Waals surface area (Å²) < 4.78 is 14.3. The maximum Gasteiger partial charge on any atom is 0.242 e. The standard InChI is InChI=1S/C23H28BrFN2O2S/c1-16(2)12-26-23(29)17(3)27(13-18-6-10-21(25)11-7-18)22(28)15-30-14-19-4-8-20(24)9-5-19/h4-11,16-17H,12-15H2,1-3H3,(H,26,29)/t17-/m0/s1. The van der Waals surface area contributed by atoms with Gasteiger partial charge in [-0.3, -0.25) is 9.59 Å². The van der Waals surface area contributed by atoms with Crippen molar-refractivity contribution in [3.63, 3.8) is 0 Å². The minimum Gasteiger partial charge on any atom is -0.354 e. The highest BCUT2D eigenvalue weighted by Crippen LogP contribution is 2.18. The van der Waals surface area contributed by atoms with Crippen molar-refractivity contribution in [1.29, 1.82) is 0 Å². The van der Waals surface area contributed by atoms with Gasteiger partial charge in [-0.2, -0.15) is 0 Å². The van der Waals surface area contributed by atoms with Crippen LogP contribution in [-0.4, -0.2) is 35.1 Å². The van der Waals surface area contributed by atoms with E-state index < -0.39 is 6.04 Å². The third-order valence-electron chi connectivity index (χ3n) is 4.53. The summed E-state index contributed by atoms with van der Waals surface area (Å²) in [5, 5.41) is 2.90. The van der Waals surface area contributed by atoms with Gasteiger partial charge in [-0.1, -0.05) is 54.0 Å². The monoisotopic (exact) mass is 494 g/mol. The van der Waals surface area contributed by atoms with Crippen molar-refractivity contribution >= 4 is 39.5 Å². The molecule has 1 atom stereocenters. The molecule has 0 saturated heterocycles. The Morgan fingerprint density at radius 2 is 1.63 bits per heavy atom. The van der Waals surface area contributed by atoms with Crippen molar-refractivity contribution in [2.24, 2.45) is 5.92 Å². The number of amides is 2. The van der Waals surface area contributed by atoms with Crippen molar-refractivity contribution < 1.29 is 14.0 Å². The zero-order valence-electron chi connectivity index (χ0n) is 17.5. The molecule has 2 rings (SSSR count). The molecule has 2 amide bonds. The number of carbonyl (C=O) groups excluding carboxylic acids is 2. The largest absolute Gasteiger partial charge is 0.354 e. The molecule has 162 valence electrons. The second kappa shape index (κ2) is 12.1. The number of thioether (sulfide) groups is 1. The lowest BCUT2D eigenvalue weighted by Crippen LogP contribution is -2.48. The molecule has 2 aromatic rings. The van der Waals surface area contributed by atoms with Gasteiger partial charge in [0.2, 0.25) is 11.8 Å². The molecule has 0 aliphatic heterocycles. The van der Waals surface area contributed by atoms with Crippen LogP contribution in [0, 0.1) is 11.7 Å². The lowest BCUT2D eigenvalue weighted by Gasteiger charge is -2.29. The second-order valence-electron chi connectivity index (χ2n) is 7.58. The van der Waals surface area contributed by atoms with E-state index >= 15 is 0 Å². The molecule has 0 unspecified atom stereocenters. The van der Waals surface area contributed by atoms with E-state index in [4.69, 9.17) is 0 Å². The quantitative estimate of drug-likeness (QED) is 0.504. The summed E-state index contributed by atoms with van der Waals surface area (Å²) in [6.07, 6.45) is 0. The molecule has 7 heteroatoms. The van der Waals surface area contributed by atoms with Crippen LogP contribution in [0.2, 0.25) is 0 Å². The van der Waals surface area contributed by atoms with Crippen molar-refractivity contribution in [2.45, 2.75) is 39.1 Å². The number of hydrogen-bond acceptors (Lipinski definition) is 3. The number of nitrogens with zero attached hydrogens (tertiary/aromatic N) is 1. The molecule has 4 nitrogen and oxygen atoms in total. The van der Waals surface area contributed by atoms with Crippen molar-refractivity contribution in [3.05, 3.63) is 69.9 Å². The Balaban J connectivity index is 2.04. The van der Waals surface area contributed by atoms with Crippen LogP contribution in [0.5, 0.6) is 0 Å². The third kappa shape index (κ3) is 8.11. The minimum absolute atomic E-state index is 0.117. The van der Waals surface area contributed by atoms with Gasteiger partial charge in [0.05, 0.1) is 5.75 Å². The Morgan fingerprint density at radius 1 is 1.03 bits per heavy atom. The fourth-order valence-electron chi connectivity index (χ4n) is 2.74. The van der Waals surface area contributed by atoms with Gasteiger partial charge in [-0.05, 0) is 48.2 Å². The van der Waals surface area contributed by atoms with Gasteiger partial charge < -0.3 is 10.2 Å².